The van der Waals surface area contributed by atoms with Gasteiger partial charge in [-0.15, -0.1) is 0 Å². The molecular formula is C18H23N5O2. The van der Waals surface area contributed by atoms with Crippen molar-refractivity contribution in [1.82, 2.24) is 19.8 Å². The summed E-state index contributed by atoms with van der Waals surface area (Å²) in [5.74, 6) is 0.930. The average Bonchev–Trinajstić information content (AvgIpc) is 2.64. The SMILES string of the molecule is CCOc1ccc(CN2CCN(C(=O)c3nccnc3N)CC2)cc1. The Bertz CT molecular complexity index is 712. The minimum atomic E-state index is -0.147. The van der Waals surface area contributed by atoms with Crippen molar-refractivity contribution in [2.24, 2.45) is 0 Å². The topological polar surface area (TPSA) is 84.6 Å². The smallest absolute Gasteiger partial charge is 0.276 e. The zero-order valence-corrected chi connectivity index (χ0v) is 14.4. The number of anilines is 1. The van der Waals surface area contributed by atoms with E-state index in [1.807, 2.05) is 19.1 Å². The predicted octanol–water partition coefficient (Wildman–Crippen LogP) is 1.42. The van der Waals surface area contributed by atoms with E-state index in [2.05, 4.69) is 27.0 Å². The first kappa shape index (κ1) is 17.2. The highest BCUT2D eigenvalue weighted by atomic mass is 16.5. The van der Waals surface area contributed by atoms with Crippen molar-refractivity contribution >= 4 is 11.7 Å². The second-order valence-electron chi connectivity index (χ2n) is 5.94. The molecule has 132 valence electrons. The molecule has 0 spiro atoms. The predicted molar refractivity (Wildman–Crippen MR) is 95.2 cm³/mol. The molecule has 0 atom stereocenters. The summed E-state index contributed by atoms with van der Waals surface area (Å²) in [6.45, 7) is 6.46. The number of piperazine rings is 1. The van der Waals surface area contributed by atoms with Crippen LogP contribution in [0.1, 0.15) is 23.0 Å². The van der Waals surface area contributed by atoms with Crippen LogP contribution in [0.25, 0.3) is 0 Å². The van der Waals surface area contributed by atoms with Gasteiger partial charge >= 0.3 is 0 Å². The number of hydrogen-bond donors (Lipinski definition) is 1. The van der Waals surface area contributed by atoms with Crippen molar-refractivity contribution in [3.63, 3.8) is 0 Å². The van der Waals surface area contributed by atoms with Gasteiger partial charge in [0, 0.05) is 45.1 Å². The highest BCUT2D eigenvalue weighted by Crippen LogP contribution is 2.16. The number of hydrogen-bond acceptors (Lipinski definition) is 6. The number of nitrogens with zero attached hydrogens (tertiary/aromatic N) is 4. The Balaban J connectivity index is 1.53. The largest absolute Gasteiger partial charge is 0.494 e. The third-order valence-corrected chi connectivity index (χ3v) is 4.23. The molecule has 1 amide bonds. The van der Waals surface area contributed by atoms with Crippen LogP contribution in [0.4, 0.5) is 5.82 Å². The van der Waals surface area contributed by atoms with Gasteiger partial charge in [0.2, 0.25) is 0 Å². The first-order valence-corrected chi connectivity index (χ1v) is 8.47. The maximum atomic E-state index is 12.5. The lowest BCUT2D eigenvalue weighted by atomic mass is 10.2. The number of amides is 1. The summed E-state index contributed by atoms with van der Waals surface area (Å²) in [5.41, 5.74) is 7.23. The molecule has 2 N–H and O–H groups in total. The molecule has 7 nitrogen and oxygen atoms in total. The number of nitrogen functional groups attached to an aromatic ring is 1. The second-order valence-corrected chi connectivity index (χ2v) is 5.94. The zero-order valence-electron chi connectivity index (χ0n) is 14.4. The molecule has 3 rings (SSSR count). The van der Waals surface area contributed by atoms with Gasteiger partial charge in [0.1, 0.15) is 5.75 Å². The molecule has 2 aromatic rings. The standard InChI is InChI=1S/C18H23N5O2/c1-2-25-15-5-3-14(4-6-15)13-22-9-11-23(12-10-22)18(24)16-17(19)21-8-7-20-16/h3-8H,2,9-13H2,1H3,(H2,19,21). The Kier molecular flexibility index (Phi) is 5.45. The van der Waals surface area contributed by atoms with Gasteiger partial charge in [-0.2, -0.15) is 0 Å². The van der Waals surface area contributed by atoms with Gasteiger partial charge in [0.05, 0.1) is 6.61 Å². The Morgan fingerprint density at radius 2 is 1.80 bits per heavy atom. The highest BCUT2D eigenvalue weighted by molar-refractivity contribution is 5.96. The quantitative estimate of drug-likeness (QED) is 0.885. The van der Waals surface area contributed by atoms with Gasteiger partial charge in [-0.1, -0.05) is 12.1 Å². The molecule has 1 aromatic heterocycles. The molecule has 0 unspecified atom stereocenters. The molecular weight excluding hydrogens is 318 g/mol. The second kappa shape index (κ2) is 7.94. The van der Waals surface area contributed by atoms with Crippen molar-refractivity contribution < 1.29 is 9.53 Å². The van der Waals surface area contributed by atoms with E-state index in [9.17, 15) is 4.79 Å². The molecule has 1 aromatic carbocycles. The minimum absolute atomic E-state index is 0.147. The van der Waals surface area contributed by atoms with Gasteiger partial charge in [-0.05, 0) is 24.6 Å². The number of aromatic nitrogens is 2. The van der Waals surface area contributed by atoms with Crippen molar-refractivity contribution in [2.75, 3.05) is 38.5 Å². The zero-order chi connectivity index (χ0) is 17.6. The molecule has 0 aliphatic carbocycles. The molecule has 1 aliphatic rings. The summed E-state index contributed by atoms with van der Waals surface area (Å²) < 4.78 is 5.46. The lowest BCUT2D eigenvalue weighted by molar-refractivity contribution is 0.0623. The van der Waals surface area contributed by atoms with E-state index in [1.165, 1.54) is 18.0 Å². The van der Waals surface area contributed by atoms with E-state index in [4.69, 9.17) is 10.5 Å². The molecule has 0 radical (unpaired) electrons. The number of carbonyl (C=O) groups excluding carboxylic acids is 1. The molecule has 25 heavy (non-hydrogen) atoms. The first-order chi connectivity index (χ1) is 12.2. The Labute approximate surface area is 147 Å². The summed E-state index contributed by atoms with van der Waals surface area (Å²) in [6.07, 6.45) is 2.98. The van der Waals surface area contributed by atoms with E-state index in [0.717, 1.165) is 25.4 Å². The first-order valence-electron chi connectivity index (χ1n) is 8.47. The van der Waals surface area contributed by atoms with Crippen LogP contribution in [0.2, 0.25) is 0 Å². The number of nitrogens with two attached hydrogens (primary N) is 1. The van der Waals surface area contributed by atoms with Crippen LogP contribution in [0, 0.1) is 0 Å². The van der Waals surface area contributed by atoms with Crippen molar-refractivity contribution in [1.29, 1.82) is 0 Å². The van der Waals surface area contributed by atoms with Crippen LogP contribution in [0.15, 0.2) is 36.7 Å². The van der Waals surface area contributed by atoms with Crippen molar-refractivity contribution in [2.45, 2.75) is 13.5 Å². The Morgan fingerprint density at radius 1 is 1.12 bits per heavy atom. The van der Waals surface area contributed by atoms with Crippen LogP contribution in [0.5, 0.6) is 5.75 Å². The fourth-order valence-corrected chi connectivity index (χ4v) is 2.89. The summed E-state index contributed by atoms with van der Waals surface area (Å²) >= 11 is 0. The third kappa shape index (κ3) is 4.24. The van der Waals surface area contributed by atoms with Crippen LogP contribution in [0.3, 0.4) is 0 Å². The Hall–Kier alpha value is -2.67. The van der Waals surface area contributed by atoms with E-state index in [1.54, 1.807) is 4.90 Å². The number of ether oxygens (including phenoxy) is 1. The fraction of sp³-hybridized carbons (Fsp3) is 0.389. The van der Waals surface area contributed by atoms with Gasteiger partial charge in [-0.3, -0.25) is 9.69 Å². The molecule has 1 aliphatic heterocycles. The van der Waals surface area contributed by atoms with Crippen LogP contribution in [-0.2, 0) is 6.54 Å². The van der Waals surface area contributed by atoms with Crippen LogP contribution < -0.4 is 10.5 Å². The van der Waals surface area contributed by atoms with Crippen LogP contribution >= 0.6 is 0 Å². The van der Waals surface area contributed by atoms with Gasteiger partial charge in [-0.25, -0.2) is 9.97 Å². The Morgan fingerprint density at radius 3 is 2.44 bits per heavy atom. The van der Waals surface area contributed by atoms with Crippen molar-refractivity contribution in [3.05, 3.63) is 47.9 Å². The van der Waals surface area contributed by atoms with Crippen LogP contribution in [-0.4, -0.2) is 58.5 Å². The molecule has 1 fully saturated rings. The summed E-state index contributed by atoms with van der Waals surface area (Å²) in [6, 6.07) is 8.16. The minimum Gasteiger partial charge on any atom is -0.494 e. The van der Waals surface area contributed by atoms with Gasteiger partial charge in [0.15, 0.2) is 11.5 Å². The molecule has 0 bridgehead atoms. The summed E-state index contributed by atoms with van der Waals surface area (Å²) in [5, 5.41) is 0. The molecule has 1 saturated heterocycles. The third-order valence-electron chi connectivity index (χ3n) is 4.23. The number of carbonyl (C=O) groups is 1. The fourth-order valence-electron chi connectivity index (χ4n) is 2.89. The maximum Gasteiger partial charge on any atom is 0.276 e. The molecule has 2 heterocycles. The van der Waals surface area contributed by atoms with E-state index >= 15 is 0 Å². The van der Waals surface area contributed by atoms with E-state index in [0.29, 0.717) is 19.7 Å². The molecule has 7 heteroatoms. The summed E-state index contributed by atoms with van der Waals surface area (Å²) in [7, 11) is 0. The lowest BCUT2D eigenvalue weighted by Gasteiger charge is -2.34. The maximum absolute atomic E-state index is 12.5. The van der Waals surface area contributed by atoms with E-state index in [-0.39, 0.29) is 17.4 Å². The monoisotopic (exact) mass is 341 g/mol. The molecule has 0 saturated carbocycles. The van der Waals surface area contributed by atoms with Crippen molar-refractivity contribution in [3.8, 4) is 5.75 Å². The normalized spacial score (nSPS) is 15.2. The lowest BCUT2D eigenvalue weighted by Crippen LogP contribution is -2.48. The van der Waals surface area contributed by atoms with Gasteiger partial charge < -0.3 is 15.4 Å². The average molecular weight is 341 g/mol. The summed E-state index contributed by atoms with van der Waals surface area (Å²) in [4.78, 5) is 24.6. The highest BCUT2D eigenvalue weighted by Gasteiger charge is 2.24. The number of benzene rings is 1. The van der Waals surface area contributed by atoms with Gasteiger partial charge in [0.25, 0.3) is 5.91 Å². The van der Waals surface area contributed by atoms with E-state index < -0.39 is 0 Å². The number of rotatable bonds is 5.